The number of nitrogens with zero attached hydrogens (tertiary/aromatic N) is 1. The fourth-order valence-electron chi connectivity index (χ4n) is 3.03. The van der Waals surface area contributed by atoms with Gasteiger partial charge in [-0.1, -0.05) is 25.7 Å². The molecule has 0 radical (unpaired) electrons. The van der Waals surface area contributed by atoms with Crippen LogP contribution in [0.1, 0.15) is 44.3 Å². The first-order chi connectivity index (χ1) is 9.83. The molecule has 1 saturated carbocycles. The molecule has 0 atom stereocenters. The Bertz CT molecular complexity index is 613. The van der Waals surface area contributed by atoms with Crippen molar-refractivity contribution in [1.29, 1.82) is 0 Å². The Balaban J connectivity index is 1.46. The summed E-state index contributed by atoms with van der Waals surface area (Å²) in [5.41, 5.74) is 0.786. The lowest BCUT2D eigenvalue weighted by atomic mass is 10.0. The largest absolute Gasteiger partial charge is 0.310 e. The molecular weight excluding hydrogens is 270 g/mol. The number of thiophene rings is 1. The lowest BCUT2D eigenvalue weighted by Crippen LogP contribution is -2.20. The highest BCUT2D eigenvalue weighted by Gasteiger charge is 2.13. The summed E-state index contributed by atoms with van der Waals surface area (Å²) in [6, 6.07) is 1.90. The zero-order valence-corrected chi connectivity index (χ0v) is 12.5. The number of aromatic amines is 1. The molecule has 4 nitrogen and oxygen atoms in total. The van der Waals surface area contributed by atoms with Gasteiger partial charge < -0.3 is 10.3 Å². The Morgan fingerprint density at radius 1 is 1.40 bits per heavy atom. The predicted molar refractivity (Wildman–Crippen MR) is 83.1 cm³/mol. The minimum Gasteiger partial charge on any atom is -0.310 e. The smallest absolute Gasteiger partial charge is 0.268 e. The van der Waals surface area contributed by atoms with E-state index in [0.717, 1.165) is 28.5 Å². The van der Waals surface area contributed by atoms with Gasteiger partial charge in [0, 0.05) is 0 Å². The molecule has 5 heteroatoms. The van der Waals surface area contributed by atoms with Crippen LogP contribution in [0.3, 0.4) is 0 Å². The van der Waals surface area contributed by atoms with Crippen LogP contribution < -0.4 is 10.9 Å². The second kappa shape index (κ2) is 6.50. The van der Waals surface area contributed by atoms with Crippen molar-refractivity contribution in [3.05, 3.63) is 27.6 Å². The van der Waals surface area contributed by atoms with Gasteiger partial charge in [0.15, 0.2) is 0 Å². The molecule has 0 aromatic carbocycles. The number of H-pyrrole nitrogens is 1. The number of rotatable bonds is 6. The van der Waals surface area contributed by atoms with Crippen LogP contribution in [-0.4, -0.2) is 16.5 Å². The van der Waals surface area contributed by atoms with Crippen molar-refractivity contribution < 1.29 is 0 Å². The van der Waals surface area contributed by atoms with E-state index in [1.54, 1.807) is 0 Å². The highest BCUT2D eigenvalue weighted by molar-refractivity contribution is 7.17. The Morgan fingerprint density at radius 3 is 3.10 bits per heavy atom. The molecule has 0 saturated heterocycles. The first kappa shape index (κ1) is 13.8. The van der Waals surface area contributed by atoms with Crippen molar-refractivity contribution >= 4 is 21.6 Å². The summed E-state index contributed by atoms with van der Waals surface area (Å²) >= 11 is 1.44. The molecule has 3 rings (SSSR count). The van der Waals surface area contributed by atoms with E-state index < -0.39 is 0 Å². The molecule has 2 N–H and O–H groups in total. The molecule has 2 heterocycles. The topological polar surface area (TPSA) is 57.8 Å². The quantitative estimate of drug-likeness (QED) is 0.804. The zero-order valence-electron chi connectivity index (χ0n) is 11.7. The summed E-state index contributed by atoms with van der Waals surface area (Å²) in [6.45, 7) is 1.65. The number of nitrogens with one attached hydrogen (secondary N) is 2. The fraction of sp³-hybridized carbons (Fsp3) is 0.600. The molecule has 0 unspecified atom stereocenters. The number of hydrogen-bond acceptors (Lipinski definition) is 4. The highest BCUT2D eigenvalue weighted by atomic mass is 32.1. The van der Waals surface area contributed by atoms with Gasteiger partial charge in [-0.05, 0) is 36.8 Å². The van der Waals surface area contributed by atoms with Crippen LogP contribution >= 0.6 is 11.3 Å². The normalized spacial score (nSPS) is 16.2. The summed E-state index contributed by atoms with van der Waals surface area (Å²) in [5, 5.41) is 5.29. The van der Waals surface area contributed by atoms with Gasteiger partial charge in [0.2, 0.25) is 0 Å². The summed E-state index contributed by atoms with van der Waals surface area (Å²) in [6.07, 6.45) is 8.23. The van der Waals surface area contributed by atoms with Gasteiger partial charge in [0.25, 0.3) is 5.56 Å². The molecule has 2 aromatic rings. The number of aromatic nitrogens is 2. The molecule has 0 bridgehead atoms. The molecule has 2 aromatic heterocycles. The molecule has 108 valence electrons. The van der Waals surface area contributed by atoms with Gasteiger partial charge in [-0.2, -0.15) is 0 Å². The van der Waals surface area contributed by atoms with Crippen LogP contribution in [0.4, 0.5) is 0 Å². The number of fused-ring (bicyclic) bond motifs is 1. The fourth-order valence-corrected chi connectivity index (χ4v) is 3.75. The maximum absolute atomic E-state index is 11.8. The lowest BCUT2D eigenvalue weighted by molar-refractivity contribution is 0.469. The molecule has 1 aliphatic carbocycles. The van der Waals surface area contributed by atoms with Crippen molar-refractivity contribution in [2.45, 2.75) is 45.1 Å². The van der Waals surface area contributed by atoms with E-state index in [1.165, 1.54) is 49.9 Å². The predicted octanol–water partition coefficient (Wildman–Crippen LogP) is 3.04. The van der Waals surface area contributed by atoms with Crippen LogP contribution in [0.5, 0.6) is 0 Å². The third-order valence-corrected chi connectivity index (χ3v) is 5.00. The van der Waals surface area contributed by atoms with Gasteiger partial charge in [0.1, 0.15) is 10.5 Å². The Kier molecular flexibility index (Phi) is 4.47. The molecule has 0 amide bonds. The molecule has 20 heavy (non-hydrogen) atoms. The first-order valence-corrected chi connectivity index (χ1v) is 8.38. The van der Waals surface area contributed by atoms with Crippen LogP contribution in [0.25, 0.3) is 10.2 Å². The van der Waals surface area contributed by atoms with Crippen LogP contribution in [0, 0.1) is 5.92 Å². The van der Waals surface area contributed by atoms with E-state index >= 15 is 0 Å². The Hall–Kier alpha value is -1.20. The average Bonchev–Trinajstić information content (AvgIpc) is 3.08. The summed E-state index contributed by atoms with van der Waals surface area (Å²) < 4.78 is 0.718. The van der Waals surface area contributed by atoms with Gasteiger partial charge in [-0.25, -0.2) is 4.98 Å². The maximum atomic E-state index is 11.8. The van der Waals surface area contributed by atoms with Gasteiger partial charge in [-0.3, -0.25) is 4.79 Å². The molecule has 1 fully saturated rings. The summed E-state index contributed by atoms with van der Waals surface area (Å²) in [5.74, 6) is 1.69. The standard InChI is InChI=1S/C15H21N3OS/c19-15-14-12(7-9-20-14)17-13(18-15)10-16-8-3-6-11-4-1-2-5-11/h7,9,11,16H,1-6,8,10H2,(H,17,18,19). The molecular formula is C15H21N3OS. The third kappa shape index (κ3) is 3.27. The molecule has 0 aliphatic heterocycles. The van der Waals surface area contributed by atoms with Gasteiger partial charge in [-0.15, -0.1) is 11.3 Å². The van der Waals surface area contributed by atoms with Crippen molar-refractivity contribution in [3.63, 3.8) is 0 Å². The van der Waals surface area contributed by atoms with Gasteiger partial charge in [0.05, 0.1) is 12.1 Å². The first-order valence-electron chi connectivity index (χ1n) is 7.50. The van der Waals surface area contributed by atoms with E-state index in [-0.39, 0.29) is 5.56 Å². The zero-order chi connectivity index (χ0) is 13.8. The van der Waals surface area contributed by atoms with E-state index in [2.05, 4.69) is 15.3 Å². The lowest BCUT2D eigenvalue weighted by Gasteiger charge is -2.09. The van der Waals surface area contributed by atoms with E-state index in [1.807, 2.05) is 11.4 Å². The summed E-state index contributed by atoms with van der Waals surface area (Å²) in [7, 11) is 0. The SMILES string of the molecule is O=c1[nH]c(CNCCCC2CCCC2)nc2ccsc12. The second-order valence-corrected chi connectivity index (χ2v) is 6.53. The van der Waals surface area contributed by atoms with Crippen molar-refractivity contribution in [2.24, 2.45) is 5.92 Å². The molecule has 0 spiro atoms. The van der Waals surface area contributed by atoms with Crippen LogP contribution in [0.2, 0.25) is 0 Å². The van der Waals surface area contributed by atoms with Crippen LogP contribution in [-0.2, 0) is 6.54 Å². The monoisotopic (exact) mass is 291 g/mol. The Morgan fingerprint density at radius 2 is 2.25 bits per heavy atom. The Labute approximate surface area is 122 Å². The second-order valence-electron chi connectivity index (χ2n) is 5.62. The van der Waals surface area contributed by atoms with Crippen molar-refractivity contribution in [1.82, 2.24) is 15.3 Å². The van der Waals surface area contributed by atoms with Crippen LogP contribution in [0.15, 0.2) is 16.2 Å². The minimum absolute atomic E-state index is 0.0206. The maximum Gasteiger partial charge on any atom is 0.268 e. The van der Waals surface area contributed by atoms with Crippen molar-refractivity contribution in [3.8, 4) is 0 Å². The van der Waals surface area contributed by atoms with E-state index in [4.69, 9.17) is 0 Å². The number of hydrogen-bond donors (Lipinski definition) is 2. The minimum atomic E-state index is -0.0206. The summed E-state index contributed by atoms with van der Waals surface area (Å²) in [4.78, 5) is 19.1. The average molecular weight is 291 g/mol. The van der Waals surface area contributed by atoms with E-state index in [0.29, 0.717) is 6.54 Å². The third-order valence-electron chi connectivity index (χ3n) is 4.10. The van der Waals surface area contributed by atoms with Crippen molar-refractivity contribution in [2.75, 3.05) is 6.54 Å². The highest BCUT2D eigenvalue weighted by Crippen LogP contribution is 2.28. The van der Waals surface area contributed by atoms with E-state index in [9.17, 15) is 4.79 Å². The van der Waals surface area contributed by atoms with Gasteiger partial charge >= 0.3 is 0 Å². The molecule has 1 aliphatic rings.